The zero-order valence-electron chi connectivity index (χ0n) is 14.6. The van der Waals surface area contributed by atoms with E-state index in [0.29, 0.717) is 25.7 Å². The van der Waals surface area contributed by atoms with E-state index >= 15 is 0 Å². The van der Waals surface area contributed by atoms with Gasteiger partial charge in [-0.05, 0) is 42.8 Å². The highest BCUT2D eigenvalue weighted by molar-refractivity contribution is 6.28. The summed E-state index contributed by atoms with van der Waals surface area (Å²) < 4.78 is 5.41. The van der Waals surface area contributed by atoms with Crippen molar-refractivity contribution >= 4 is 29.4 Å². The van der Waals surface area contributed by atoms with Crippen molar-refractivity contribution in [2.75, 3.05) is 5.32 Å². The number of carboxylic acids is 1. The van der Waals surface area contributed by atoms with Gasteiger partial charge in [0.25, 0.3) is 0 Å². The fourth-order valence-electron chi connectivity index (χ4n) is 3.14. The molecule has 0 radical (unpaired) electrons. The van der Waals surface area contributed by atoms with Crippen LogP contribution in [0.4, 0.5) is 5.82 Å². The van der Waals surface area contributed by atoms with Crippen molar-refractivity contribution in [2.24, 2.45) is 5.92 Å². The van der Waals surface area contributed by atoms with Gasteiger partial charge in [0.1, 0.15) is 18.0 Å². The lowest BCUT2D eigenvalue weighted by Crippen LogP contribution is -2.31. The van der Waals surface area contributed by atoms with Gasteiger partial charge in [0, 0.05) is 12.2 Å². The molecule has 1 aliphatic carbocycles. The number of ether oxygens (including phenoxy) is 1. The van der Waals surface area contributed by atoms with Crippen LogP contribution in [0, 0.1) is 5.92 Å². The molecule has 0 amide bonds. The lowest BCUT2D eigenvalue weighted by molar-refractivity contribution is -0.151. The number of esters is 1. The van der Waals surface area contributed by atoms with Crippen LogP contribution in [0.25, 0.3) is 0 Å². The maximum absolute atomic E-state index is 12.3. The molecular formula is C19H20ClN3O4. The van der Waals surface area contributed by atoms with Crippen LogP contribution in [0.2, 0.25) is 5.28 Å². The molecule has 7 nitrogen and oxygen atoms in total. The zero-order valence-corrected chi connectivity index (χ0v) is 15.4. The van der Waals surface area contributed by atoms with E-state index in [1.54, 1.807) is 0 Å². The minimum absolute atomic E-state index is 0.0133. The molecule has 0 unspecified atom stereocenters. The Hall–Kier alpha value is -2.67. The average molecular weight is 390 g/mol. The highest BCUT2D eigenvalue weighted by Gasteiger charge is 2.28. The van der Waals surface area contributed by atoms with Crippen LogP contribution in [-0.4, -0.2) is 33.1 Å². The van der Waals surface area contributed by atoms with E-state index < -0.39 is 5.97 Å². The molecule has 2 N–H and O–H groups in total. The first kappa shape index (κ1) is 19.1. The van der Waals surface area contributed by atoms with Crippen LogP contribution in [0.15, 0.2) is 36.5 Å². The number of rotatable bonds is 6. The van der Waals surface area contributed by atoms with E-state index in [1.807, 2.05) is 30.3 Å². The number of carbonyl (C=O) groups is 2. The molecule has 3 rings (SSSR count). The first-order valence-corrected chi connectivity index (χ1v) is 9.13. The van der Waals surface area contributed by atoms with E-state index in [2.05, 4.69) is 15.3 Å². The lowest BCUT2D eigenvalue weighted by atomic mass is 9.86. The molecule has 142 valence electrons. The van der Waals surface area contributed by atoms with Crippen molar-refractivity contribution in [3.63, 3.8) is 0 Å². The minimum atomic E-state index is -1.12. The third kappa shape index (κ3) is 5.17. The Labute approximate surface area is 161 Å². The van der Waals surface area contributed by atoms with E-state index in [1.165, 1.54) is 6.20 Å². The fraction of sp³-hybridized carbons (Fsp3) is 0.368. The van der Waals surface area contributed by atoms with Gasteiger partial charge in [-0.3, -0.25) is 4.79 Å². The number of nitrogens with one attached hydrogen (secondary N) is 1. The second-order valence-electron chi connectivity index (χ2n) is 6.49. The number of hydrogen-bond donors (Lipinski definition) is 2. The number of carboxylic acid groups (broad SMARTS) is 1. The summed E-state index contributed by atoms with van der Waals surface area (Å²) in [5.74, 6) is -1.24. The summed E-state index contributed by atoms with van der Waals surface area (Å²) in [6.07, 6.45) is 3.96. The maximum atomic E-state index is 12.3. The van der Waals surface area contributed by atoms with Gasteiger partial charge in [0.15, 0.2) is 0 Å². The summed E-state index contributed by atoms with van der Waals surface area (Å²) >= 11 is 5.77. The third-order valence-corrected chi connectivity index (χ3v) is 4.80. The van der Waals surface area contributed by atoms with Crippen LogP contribution in [-0.2, 0) is 16.1 Å². The molecule has 0 atom stereocenters. The molecule has 1 saturated carbocycles. The molecule has 1 fully saturated rings. The van der Waals surface area contributed by atoms with Crippen molar-refractivity contribution in [3.05, 3.63) is 52.9 Å². The largest absolute Gasteiger partial charge is 0.477 e. The molecule has 0 bridgehead atoms. The molecule has 1 aromatic carbocycles. The Bertz CT molecular complexity index is 808. The monoisotopic (exact) mass is 389 g/mol. The smallest absolute Gasteiger partial charge is 0.341 e. The summed E-state index contributed by atoms with van der Waals surface area (Å²) in [5, 5.41) is 12.3. The molecule has 1 aliphatic rings. The molecule has 8 heteroatoms. The molecule has 1 heterocycles. The zero-order chi connectivity index (χ0) is 19.2. The lowest BCUT2D eigenvalue weighted by Gasteiger charge is -2.28. The fourth-order valence-corrected chi connectivity index (χ4v) is 3.27. The van der Waals surface area contributed by atoms with Crippen LogP contribution in [0.3, 0.4) is 0 Å². The highest BCUT2D eigenvalue weighted by Crippen LogP contribution is 2.28. The molecule has 0 saturated heterocycles. The molecule has 0 spiro atoms. The summed E-state index contributed by atoms with van der Waals surface area (Å²) in [4.78, 5) is 31.2. The van der Waals surface area contributed by atoms with Gasteiger partial charge >= 0.3 is 11.9 Å². The first-order valence-electron chi connectivity index (χ1n) is 8.76. The maximum Gasteiger partial charge on any atom is 0.341 e. The first-order chi connectivity index (χ1) is 13.0. The SMILES string of the molecule is O=C(O)c1cnc(Cl)nc1N[C@H]1CC[C@H](C(=O)OCc2ccccc2)CC1. The molecular weight excluding hydrogens is 370 g/mol. The van der Waals surface area contributed by atoms with Crippen molar-refractivity contribution in [1.29, 1.82) is 0 Å². The van der Waals surface area contributed by atoms with E-state index in [-0.39, 0.29) is 41.2 Å². The predicted octanol–water partition coefficient (Wildman–Crippen LogP) is 3.54. The number of aromatic nitrogens is 2. The van der Waals surface area contributed by atoms with Crippen molar-refractivity contribution in [1.82, 2.24) is 9.97 Å². The number of aromatic carboxylic acids is 1. The van der Waals surface area contributed by atoms with Crippen LogP contribution < -0.4 is 5.32 Å². The van der Waals surface area contributed by atoms with Gasteiger partial charge in [0.05, 0.1) is 5.92 Å². The Kier molecular flexibility index (Phi) is 6.24. The van der Waals surface area contributed by atoms with Gasteiger partial charge in [-0.1, -0.05) is 30.3 Å². The Morgan fingerprint density at radius 3 is 2.56 bits per heavy atom. The number of hydrogen-bond acceptors (Lipinski definition) is 6. The minimum Gasteiger partial charge on any atom is -0.477 e. The standard InChI is InChI=1S/C19H20ClN3O4/c20-19-21-10-15(17(24)25)16(23-19)22-14-8-6-13(7-9-14)18(26)27-11-12-4-2-1-3-5-12/h1-5,10,13-14H,6-9,11H2,(H,24,25)(H,21,22,23)/t13-,14-. The van der Waals surface area contributed by atoms with Gasteiger partial charge in [-0.2, -0.15) is 4.98 Å². The van der Waals surface area contributed by atoms with Crippen molar-refractivity contribution in [2.45, 2.75) is 38.3 Å². The normalized spacial score (nSPS) is 19.3. The number of anilines is 1. The molecule has 27 heavy (non-hydrogen) atoms. The van der Waals surface area contributed by atoms with Gasteiger partial charge in [-0.15, -0.1) is 0 Å². The van der Waals surface area contributed by atoms with Gasteiger partial charge in [0.2, 0.25) is 5.28 Å². The van der Waals surface area contributed by atoms with E-state index in [9.17, 15) is 14.7 Å². The van der Waals surface area contributed by atoms with Crippen LogP contribution >= 0.6 is 11.6 Å². The summed E-state index contributed by atoms with van der Waals surface area (Å²) in [7, 11) is 0. The second-order valence-corrected chi connectivity index (χ2v) is 6.83. The summed E-state index contributed by atoms with van der Waals surface area (Å²) in [6, 6.07) is 9.59. The van der Waals surface area contributed by atoms with Crippen LogP contribution in [0.1, 0.15) is 41.6 Å². The van der Waals surface area contributed by atoms with Crippen molar-refractivity contribution < 1.29 is 19.4 Å². The molecule has 2 aromatic rings. The number of nitrogens with zero attached hydrogens (tertiary/aromatic N) is 2. The van der Waals surface area contributed by atoms with Gasteiger partial charge < -0.3 is 15.2 Å². The topological polar surface area (TPSA) is 101 Å². The third-order valence-electron chi connectivity index (χ3n) is 4.62. The summed E-state index contributed by atoms with van der Waals surface area (Å²) in [6.45, 7) is 0.277. The van der Waals surface area contributed by atoms with Crippen LogP contribution in [0.5, 0.6) is 0 Å². The molecule has 0 aliphatic heterocycles. The highest BCUT2D eigenvalue weighted by atomic mass is 35.5. The number of halogens is 1. The van der Waals surface area contributed by atoms with E-state index in [0.717, 1.165) is 5.56 Å². The van der Waals surface area contributed by atoms with Gasteiger partial charge in [-0.25, -0.2) is 9.78 Å². The Morgan fingerprint density at radius 1 is 1.19 bits per heavy atom. The van der Waals surface area contributed by atoms with E-state index in [4.69, 9.17) is 16.3 Å². The number of benzene rings is 1. The Morgan fingerprint density at radius 2 is 1.89 bits per heavy atom. The second kappa shape index (κ2) is 8.81. The quantitative estimate of drug-likeness (QED) is 0.575. The number of carbonyl (C=O) groups excluding carboxylic acids is 1. The molecule has 1 aromatic heterocycles. The average Bonchev–Trinajstić information content (AvgIpc) is 2.67. The Balaban J connectivity index is 1.51. The predicted molar refractivity (Wildman–Crippen MR) is 99.6 cm³/mol. The summed E-state index contributed by atoms with van der Waals surface area (Å²) in [5.41, 5.74) is 0.937. The van der Waals surface area contributed by atoms with Crippen molar-refractivity contribution in [3.8, 4) is 0 Å².